The van der Waals surface area contributed by atoms with Gasteiger partial charge < -0.3 is 4.90 Å². The standard InChI is InChI=1S/C18H23N3O2S/c22-24(23,20-11-14-8-10-21(12-14)17-6-7-17)13-16-4-1-3-15-5-2-9-19-18(15)16/h1-5,9,14,17,20H,6-8,10-13H2. The van der Waals surface area contributed by atoms with Gasteiger partial charge in [-0.05, 0) is 43.4 Å². The molecule has 5 nitrogen and oxygen atoms in total. The number of likely N-dealkylation sites (tertiary alicyclic amines) is 1. The SMILES string of the molecule is O=S(=O)(Cc1cccc2cccnc12)NCC1CCN(C2CC2)C1. The largest absolute Gasteiger partial charge is 0.300 e. The smallest absolute Gasteiger partial charge is 0.215 e. The summed E-state index contributed by atoms with van der Waals surface area (Å²) in [5.41, 5.74) is 1.53. The van der Waals surface area contributed by atoms with Gasteiger partial charge >= 0.3 is 0 Å². The monoisotopic (exact) mass is 345 g/mol. The fourth-order valence-electron chi connectivity index (χ4n) is 3.59. The molecule has 0 radical (unpaired) electrons. The molecule has 1 N–H and O–H groups in total. The molecule has 0 spiro atoms. The quantitative estimate of drug-likeness (QED) is 0.871. The van der Waals surface area contributed by atoms with Gasteiger partial charge in [0.25, 0.3) is 0 Å². The van der Waals surface area contributed by atoms with E-state index in [-0.39, 0.29) is 5.75 Å². The van der Waals surface area contributed by atoms with Crippen molar-refractivity contribution in [2.24, 2.45) is 5.92 Å². The zero-order chi connectivity index (χ0) is 16.6. The second kappa shape index (κ2) is 6.43. The molecule has 4 rings (SSSR count). The van der Waals surface area contributed by atoms with Gasteiger partial charge in [-0.2, -0.15) is 0 Å². The molecule has 1 unspecified atom stereocenters. The summed E-state index contributed by atoms with van der Waals surface area (Å²) >= 11 is 0. The van der Waals surface area contributed by atoms with Crippen LogP contribution in [0, 0.1) is 5.92 Å². The highest BCUT2D eigenvalue weighted by molar-refractivity contribution is 7.88. The topological polar surface area (TPSA) is 62.3 Å². The molecular weight excluding hydrogens is 322 g/mol. The van der Waals surface area contributed by atoms with E-state index in [0.717, 1.165) is 42.0 Å². The molecule has 0 bridgehead atoms. The molecule has 1 aromatic heterocycles. The van der Waals surface area contributed by atoms with Crippen LogP contribution in [-0.2, 0) is 15.8 Å². The Bertz CT molecular complexity index is 828. The van der Waals surface area contributed by atoms with E-state index in [9.17, 15) is 8.42 Å². The normalized spacial score (nSPS) is 22.2. The molecular formula is C18H23N3O2S. The van der Waals surface area contributed by atoms with Crippen molar-refractivity contribution in [3.63, 3.8) is 0 Å². The predicted molar refractivity (Wildman–Crippen MR) is 95.1 cm³/mol. The number of benzene rings is 1. The summed E-state index contributed by atoms with van der Waals surface area (Å²) in [6.45, 7) is 2.69. The minimum atomic E-state index is -3.34. The van der Waals surface area contributed by atoms with Gasteiger partial charge in [-0.15, -0.1) is 0 Å². The molecule has 2 heterocycles. The highest BCUT2D eigenvalue weighted by Gasteiger charge is 2.34. The van der Waals surface area contributed by atoms with Crippen molar-refractivity contribution in [1.82, 2.24) is 14.6 Å². The van der Waals surface area contributed by atoms with Crippen LogP contribution in [0.4, 0.5) is 0 Å². The molecule has 1 atom stereocenters. The Morgan fingerprint density at radius 1 is 1.17 bits per heavy atom. The van der Waals surface area contributed by atoms with Crippen LogP contribution in [0.2, 0.25) is 0 Å². The first-order chi connectivity index (χ1) is 11.6. The maximum absolute atomic E-state index is 12.5. The molecule has 1 saturated heterocycles. The lowest BCUT2D eigenvalue weighted by Gasteiger charge is -2.15. The van der Waals surface area contributed by atoms with E-state index in [4.69, 9.17) is 0 Å². The molecule has 2 aromatic rings. The van der Waals surface area contributed by atoms with Crippen molar-refractivity contribution >= 4 is 20.9 Å². The zero-order valence-corrected chi connectivity index (χ0v) is 14.5. The first kappa shape index (κ1) is 16.0. The van der Waals surface area contributed by atoms with Gasteiger partial charge in [0.2, 0.25) is 10.0 Å². The summed E-state index contributed by atoms with van der Waals surface area (Å²) in [5.74, 6) is 0.423. The summed E-state index contributed by atoms with van der Waals surface area (Å²) in [4.78, 5) is 6.85. The summed E-state index contributed by atoms with van der Waals surface area (Å²) < 4.78 is 27.8. The van der Waals surface area contributed by atoms with Crippen LogP contribution >= 0.6 is 0 Å². The third-order valence-corrected chi connectivity index (χ3v) is 6.33. The minimum absolute atomic E-state index is 0.0135. The highest BCUT2D eigenvalue weighted by atomic mass is 32.2. The second-order valence-corrected chi connectivity index (χ2v) is 8.79. The lowest BCUT2D eigenvalue weighted by Crippen LogP contribution is -2.32. The number of sulfonamides is 1. The molecule has 2 fully saturated rings. The Kier molecular flexibility index (Phi) is 4.28. The maximum atomic E-state index is 12.5. The summed E-state index contributed by atoms with van der Waals surface area (Å²) in [7, 11) is -3.34. The number of pyridine rings is 1. The number of nitrogens with zero attached hydrogens (tertiary/aromatic N) is 2. The number of rotatable bonds is 6. The maximum Gasteiger partial charge on any atom is 0.215 e. The lowest BCUT2D eigenvalue weighted by atomic mass is 10.1. The van der Waals surface area contributed by atoms with Gasteiger partial charge in [-0.25, -0.2) is 13.1 Å². The van der Waals surface area contributed by atoms with Gasteiger partial charge in [0.1, 0.15) is 0 Å². The van der Waals surface area contributed by atoms with Crippen LogP contribution in [0.25, 0.3) is 10.9 Å². The number of nitrogens with one attached hydrogen (secondary N) is 1. The fraction of sp³-hybridized carbons (Fsp3) is 0.500. The summed E-state index contributed by atoms with van der Waals surface area (Å²) in [6, 6.07) is 10.3. The molecule has 6 heteroatoms. The van der Waals surface area contributed by atoms with Gasteiger partial charge in [0.15, 0.2) is 0 Å². The Morgan fingerprint density at radius 2 is 2.00 bits per heavy atom. The van der Waals surface area contributed by atoms with Gasteiger partial charge in [-0.3, -0.25) is 4.98 Å². The average molecular weight is 345 g/mol. The van der Waals surface area contributed by atoms with Crippen LogP contribution in [0.3, 0.4) is 0 Å². The van der Waals surface area contributed by atoms with E-state index in [2.05, 4.69) is 14.6 Å². The molecule has 1 aliphatic heterocycles. The van der Waals surface area contributed by atoms with Crippen molar-refractivity contribution in [3.8, 4) is 0 Å². The van der Waals surface area contributed by atoms with Crippen LogP contribution in [0.1, 0.15) is 24.8 Å². The number of hydrogen-bond donors (Lipinski definition) is 1. The Labute approximate surface area is 143 Å². The highest BCUT2D eigenvalue weighted by Crippen LogP contribution is 2.31. The Hall–Kier alpha value is -1.50. The van der Waals surface area contributed by atoms with Crippen molar-refractivity contribution in [2.45, 2.75) is 31.1 Å². The zero-order valence-electron chi connectivity index (χ0n) is 13.7. The van der Waals surface area contributed by atoms with Crippen molar-refractivity contribution < 1.29 is 8.42 Å². The molecule has 1 saturated carbocycles. The van der Waals surface area contributed by atoms with E-state index >= 15 is 0 Å². The number of fused-ring (bicyclic) bond motifs is 1. The Morgan fingerprint density at radius 3 is 2.83 bits per heavy atom. The van der Waals surface area contributed by atoms with E-state index < -0.39 is 10.0 Å². The van der Waals surface area contributed by atoms with Crippen molar-refractivity contribution in [1.29, 1.82) is 0 Å². The molecule has 1 aliphatic carbocycles. The number of hydrogen-bond acceptors (Lipinski definition) is 4. The van der Waals surface area contributed by atoms with Crippen LogP contribution in [0.5, 0.6) is 0 Å². The lowest BCUT2D eigenvalue weighted by molar-refractivity contribution is 0.314. The first-order valence-corrected chi connectivity index (χ1v) is 10.3. The fourth-order valence-corrected chi connectivity index (χ4v) is 4.82. The van der Waals surface area contributed by atoms with E-state index in [1.165, 1.54) is 12.8 Å². The summed E-state index contributed by atoms with van der Waals surface area (Å²) in [5, 5.41) is 0.973. The molecule has 1 aromatic carbocycles. The Balaban J connectivity index is 1.39. The minimum Gasteiger partial charge on any atom is -0.300 e. The van der Waals surface area contributed by atoms with Crippen LogP contribution in [0.15, 0.2) is 36.5 Å². The number of para-hydroxylation sites is 1. The molecule has 2 aliphatic rings. The third kappa shape index (κ3) is 3.61. The van der Waals surface area contributed by atoms with Gasteiger partial charge in [-0.1, -0.05) is 24.3 Å². The molecule has 24 heavy (non-hydrogen) atoms. The van der Waals surface area contributed by atoms with Gasteiger partial charge in [0.05, 0.1) is 11.3 Å². The molecule has 0 amide bonds. The van der Waals surface area contributed by atoms with E-state index in [0.29, 0.717) is 12.5 Å². The summed E-state index contributed by atoms with van der Waals surface area (Å²) in [6.07, 6.45) is 5.42. The van der Waals surface area contributed by atoms with E-state index in [1.54, 1.807) is 6.20 Å². The van der Waals surface area contributed by atoms with Crippen molar-refractivity contribution in [2.75, 3.05) is 19.6 Å². The van der Waals surface area contributed by atoms with Crippen LogP contribution < -0.4 is 4.72 Å². The van der Waals surface area contributed by atoms with E-state index in [1.807, 2.05) is 30.3 Å². The second-order valence-electron chi connectivity index (χ2n) is 6.98. The van der Waals surface area contributed by atoms with Crippen LogP contribution in [-0.4, -0.2) is 44.0 Å². The predicted octanol–water partition coefficient (Wildman–Crippen LogP) is 2.14. The van der Waals surface area contributed by atoms with Crippen molar-refractivity contribution in [3.05, 3.63) is 42.1 Å². The number of aromatic nitrogens is 1. The third-order valence-electron chi connectivity index (χ3n) is 5.03. The molecule has 128 valence electrons. The average Bonchev–Trinajstić information content (AvgIpc) is 3.32. The van der Waals surface area contributed by atoms with Gasteiger partial charge in [0, 0.05) is 30.7 Å². The first-order valence-electron chi connectivity index (χ1n) is 8.65.